The van der Waals surface area contributed by atoms with Crippen molar-refractivity contribution < 1.29 is 27.9 Å². The van der Waals surface area contributed by atoms with E-state index in [0.29, 0.717) is 16.3 Å². The highest BCUT2D eigenvalue weighted by molar-refractivity contribution is 7.89. The highest BCUT2D eigenvalue weighted by atomic mass is 32.2. The molecular weight excluding hydrogens is 432 g/mol. The zero-order valence-electron chi connectivity index (χ0n) is 18.1. The van der Waals surface area contributed by atoms with E-state index in [1.807, 2.05) is 6.07 Å². The molecule has 2 atom stereocenters. The number of ketones is 1. The van der Waals surface area contributed by atoms with Crippen LogP contribution in [0.3, 0.4) is 0 Å². The number of amides is 2. The molecule has 1 aliphatic carbocycles. The van der Waals surface area contributed by atoms with Crippen LogP contribution in [-0.4, -0.2) is 47.7 Å². The molecule has 0 radical (unpaired) electrons. The van der Waals surface area contributed by atoms with E-state index in [-0.39, 0.29) is 35.0 Å². The number of nitrogens with zero attached hydrogens (tertiary/aromatic N) is 1. The van der Waals surface area contributed by atoms with Gasteiger partial charge in [0.25, 0.3) is 10.0 Å². The molecule has 9 heteroatoms. The van der Waals surface area contributed by atoms with Crippen molar-refractivity contribution in [1.29, 1.82) is 0 Å². The first kappa shape index (κ1) is 23.5. The van der Waals surface area contributed by atoms with E-state index in [2.05, 4.69) is 5.32 Å². The Morgan fingerprint density at radius 2 is 1.62 bits per heavy atom. The van der Waals surface area contributed by atoms with Crippen molar-refractivity contribution in [1.82, 2.24) is 9.62 Å². The Morgan fingerprint density at radius 3 is 2.16 bits per heavy atom. The molecule has 1 saturated carbocycles. The van der Waals surface area contributed by atoms with E-state index in [1.54, 1.807) is 36.4 Å². The van der Waals surface area contributed by atoms with Gasteiger partial charge in [0, 0.05) is 11.5 Å². The third-order valence-corrected chi connectivity index (χ3v) is 7.33. The summed E-state index contributed by atoms with van der Waals surface area (Å²) >= 11 is 0. The van der Waals surface area contributed by atoms with Crippen molar-refractivity contribution >= 4 is 27.8 Å². The van der Waals surface area contributed by atoms with Crippen molar-refractivity contribution in [3.63, 3.8) is 0 Å². The predicted molar refractivity (Wildman–Crippen MR) is 118 cm³/mol. The molecular formula is C23H26N2O6S. The summed E-state index contributed by atoms with van der Waals surface area (Å²) in [4.78, 5) is 35.9. The third kappa shape index (κ3) is 4.99. The number of Topliss-reactive ketones (excluding diaryl/α,β-unsaturated/α-hetero) is 1. The van der Waals surface area contributed by atoms with Gasteiger partial charge in [0.1, 0.15) is 0 Å². The summed E-state index contributed by atoms with van der Waals surface area (Å²) in [6.07, 6.45) is -0.952. The number of sulfonamides is 1. The SMILES string of the molecule is CC(C)(C)N(C(=O)O)S(=O)(=O)c1ccc([C@@H]2C[C@H]2C(=O)NCC(=O)c2ccccc2)cc1. The maximum Gasteiger partial charge on any atom is 0.421 e. The van der Waals surface area contributed by atoms with Crippen LogP contribution in [0.5, 0.6) is 0 Å². The lowest BCUT2D eigenvalue weighted by Crippen LogP contribution is -2.48. The van der Waals surface area contributed by atoms with Crippen LogP contribution >= 0.6 is 0 Å². The van der Waals surface area contributed by atoms with Crippen LogP contribution in [-0.2, 0) is 14.8 Å². The fourth-order valence-corrected chi connectivity index (χ4v) is 5.24. The van der Waals surface area contributed by atoms with Gasteiger partial charge in [-0.25, -0.2) is 13.2 Å². The summed E-state index contributed by atoms with van der Waals surface area (Å²) in [7, 11) is -4.24. The number of carbonyl (C=O) groups is 3. The molecule has 2 aromatic carbocycles. The summed E-state index contributed by atoms with van der Waals surface area (Å²) in [5.41, 5.74) is 0.180. The minimum Gasteiger partial charge on any atom is -0.464 e. The Balaban J connectivity index is 1.63. The fourth-order valence-electron chi connectivity index (χ4n) is 3.62. The van der Waals surface area contributed by atoms with Gasteiger partial charge in [-0.05, 0) is 50.8 Å². The molecule has 3 rings (SSSR count). The van der Waals surface area contributed by atoms with Gasteiger partial charge in [-0.3, -0.25) is 9.59 Å². The molecule has 32 heavy (non-hydrogen) atoms. The molecule has 0 unspecified atom stereocenters. The van der Waals surface area contributed by atoms with E-state index in [0.717, 1.165) is 5.56 Å². The van der Waals surface area contributed by atoms with Gasteiger partial charge in [-0.2, -0.15) is 4.31 Å². The first-order chi connectivity index (χ1) is 14.9. The molecule has 170 valence electrons. The van der Waals surface area contributed by atoms with Crippen LogP contribution in [0.1, 0.15) is 49.0 Å². The smallest absolute Gasteiger partial charge is 0.421 e. The Hall–Kier alpha value is -3.20. The average Bonchev–Trinajstić information content (AvgIpc) is 3.52. The van der Waals surface area contributed by atoms with Crippen LogP contribution in [0.4, 0.5) is 4.79 Å². The topological polar surface area (TPSA) is 121 Å². The molecule has 0 aromatic heterocycles. The Morgan fingerprint density at radius 1 is 1.03 bits per heavy atom. The van der Waals surface area contributed by atoms with Crippen molar-refractivity contribution in [2.45, 2.75) is 43.5 Å². The first-order valence-electron chi connectivity index (χ1n) is 10.2. The Bertz CT molecular complexity index is 1120. The van der Waals surface area contributed by atoms with Crippen molar-refractivity contribution in [2.75, 3.05) is 6.54 Å². The van der Waals surface area contributed by atoms with Crippen molar-refractivity contribution in [3.8, 4) is 0 Å². The maximum absolute atomic E-state index is 12.8. The Kier molecular flexibility index (Phi) is 6.41. The molecule has 0 aliphatic heterocycles. The molecule has 1 aliphatic rings. The number of hydrogen-bond donors (Lipinski definition) is 2. The minimum atomic E-state index is -4.24. The largest absolute Gasteiger partial charge is 0.464 e. The summed E-state index contributed by atoms with van der Waals surface area (Å²) in [6, 6.07) is 14.6. The van der Waals surface area contributed by atoms with Gasteiger partial charge in [0.05, 0.1) is 17.0 Å². The average molecular weight is 459 g/mol. The van der Waals surface area contributed by atoms with E-state index >= 15 is 0 Å². The lowest BCUT2D eigenvalue weighted by Gasteiger charge is -2.31. The summed E-state index contributed by atoms with van der Waals surface area (Å²) < 4.78 is 26.0. The Labute approximate surface area is 187 Å². The highest BCUT2D eigenvalue weighted by Gasteiger charge is 2.44. The number of rotatable bonds is 7. The van der Waals surface area contributed by atoms with Crippen LogP contribution in [0.2, 0.25) is 0 Å². The second kappa shape index (κ2) is 8.74. The molecule has 0 bridgehead atoms. The number of carbonyl (C=O) groups excluding carboxylic acids is 2. The molecule has 0 spiro atoms. The molecule has 8 nitrogen and oxygen atoms in total. The van der Waals surface area contributed by atoms with Gasteiger partial charge in [0.2, 0.25) is 5.91 Å². The van der Waals surface area contributed by atoms with E-state index in [9.17, 15) is 27.9 Å². The predicted octanol–water partition coefficient (Wildman–Crippen LogP) is 3.26. The lowest BCUT2D eigenvalue weighted by atomic mass is 10.1. The van der Waals surface area contributed by atoms with Gasteiger partial charge in [0.15, 0.2) is 5.78 Å². The number of benzene rings is 2. The zero-order chi connectivity index (χ0) is 23.7. The quantitative estimate of drug-likeness (QED) is 0.615. The normalized spacial score (nSPS) is 18.0. The van der Waals surface area contributed by atoms with Gasteiger partial charge in [-0.1, -0.05) is 42.5 Å². The molecule has 0 saturated heterocycles. The number of hydrogen-bond acceptors (Lipinski definition) is 5. The fraction of sp³-hybridized carbons (Fsp3) is 0.348. The third-order valence-electron chi connectivity index (χ3n) is 5.28. The van der Waals surface area contributed by atoms with Crippen LogP contribution in [0.15, 0.2) is 59.5 Å². The molecule has 2 N–H and O–H groups in total. The van der Waals surface area contributed by atoms with Crippen LogP contribution in [0.25, 0.3) is 0 Å². The lowest BCUT2D eigenvalue weighted by molar-refractivity contribution is -0.122. The van der Waals surface area contributed by atoms with Crippen LogP contribution in [0, 0.1) is 5.92 Å². The minimum absolute atomic E-state index is 0.0724. The second-order valence-electron chi connectivity index (χ2n) is 8.75. The summed E-state index contributed by atoms with van der Waals surface area (Å²) in [6.45, 7) is 4.43. The number of nitrogens with one attached hydrogen (secondary N) is 1. The highest BCUT2D eigenvalue weighted by Crippen LogP contribution is 2.47. The second-order valence-corrected chi connectivity index (χ2v) is 10.5. The van der Waals surface area contributed by atoms with E-state index < -0.39 is 21.7 Å². The zero-order valence-corrected chi connectivity index (χ0v) is 18.9. The van der Waals surface area contributed by atoms with E-state index in [4.69, 9.17) is 0 Å². The van der Waals surface area contributed by atoms with Crippen LogP contribution < -0.4 is 5.32 Å². The van der Waals surface area contributed by atoms with Gasteiger partial charge in [-0.15, -0.1) is 0 Å². The summed E-state index contributed by atoms with van der Waals surface area (Å²) in [5.74, 6) is -0.754. The molecule has 1 fully saturated rings. The van der Waals surface area contributed by atoms with E-state index in [1.165, 1.54) is 32.9 Å². The number of carboxylic acid groups (broad SMARTS) is 1. The van der Waals surface area contributed by atoms with Gasteiger partial charge < -0.3 is 10.4 Å². The first-order valence-corrected chi connectivity index (χ1v) is 11.6. The maximum atomic E-state index is 12.8. The van der Waals surface area contributed by atoms with Crippen molar-refractivity contribution in [2.24, 2.45) is 5.92 Å². The monoisotopic (exact) mass is 458 g/mol. The molecule has 0 heterocycles. The molecule has 2 aromatic rings. The standard InChI is InChI=1S/C23H26N2O6S/c1-23(2,3)25(22(28)29)32(30,31)17-11-9-15(10-12-17)18-13-19(18)21(27)24-14-20(26)16-7-5-4-6-8-16/h4-12,18-19H,13-14H2,1-3H3,(H,24,27)(H,28,29)/t18-,19+/m0/s1. The van der Waals surface area contributed by atoms with Crippen molar-refractivity contribution in [3.05, 3.63) is 65.7 Å². The summed E-state index contributed by atoms with van der Waals surface area (Å²) in [5, 5.41) is 12.1. The van der Waals surface area contributed by atoms with Gasteiger partial charge >= 0.3 is 6.09 Å². The molecule has 2 amide bonds.